The molecule has 0 aliphatic carbocycles. The van der Waals surface area contributed by atoms with E-state index in [2.05, 4.69) is 5.32 Å². The fourth-order valence-corrected chi connectivity index (χ4v) is 3.54. The van der Waals surface area contributed by atoms with E-state index in [9.17, 15) is 13.2 Å². The average molecular weight is 414 g/mol. The van der Waals surface area contributed by atoms with E-state index in [1.807, 2.05) is 4.72 Å². The van der Waals surface area contributed by atoms with Gasteiger partial charge in [0.2, 0.25) is 0 Å². The van der Waals surface area contributed by atoms with Crippen LogP contribution in [0.4, 0.5) is 10.5 Å². The summed E-state index contributed by atoms with van der Waals surface area (Å²) in [5.74, 6) is 0. The van der Waals surface area contributed by atoms with Gasteiger partial charge in [-0.05, 0) is 36.4 Å². The van der Waals surface area contributed by atoms with Crippen LogP contribution in [-0.4, -0.2) is 14.4 Å². The molecule has 10 heteroatoms. The molecule has 5 nitrogen and oxygen atoms in total. The standard InChI is InChI=1S/C13H8Cl4N2O3S/c14-7-1-3-9(4-2-7)23(21,22)19-13(20)18-12-10(16)5-8(15)6-11(12)17/h1-6H,(H2,18,19,20). The molecule has 2 aromatic carbocycles. The van der Waals surface area contributed by atoms with Gasteiger partial charge in [-0.25, -0.2) is 17.9 Å². The second-order valence-electron chi connectivity index (χ2n) is 4.26. The number of anilines is 1. The highest BCUT2D eigenvalue weighted by Gasteiger charge is 2.19. The molecule has 0 fully saturated rings. The molecule has 0 atom stereocenters. The van der Waals surface area contributed by atoms with E-state index in [4.69, 9.17) is 46.4 Å². The first-order valence-electron chi connectivity index (χ1n) is 5.93. The van der Waals surface area contributed by atoms with Gasteiger partial charge in [-0.15, -0.1) is 0 Å². The molecular weight excluding hydrogens is 406 g/mol. The van der Waals surface area contributed by atoms with Crippen LogP contribution in [-0.2, 0) is 10.0 Å². The Morgan fingerprint density at radius 1 is 0.870 bits per heavy atom. The Bertz CT molecular complexity index is 831. The van der Waals surface area contributed by atoms with Gasteiger partial charge in [-0.2, -0.15) is 0 Å². The number of carbonyl (C=O) groups is 1. The molecule has 0 heterocycles. The smallest absolute Gasteiger partial charge is 0.304 e. The molecule has 0 spiro atoms. The quantitative estimate of drug-likeness (QED) is 0.757. The van der Waals surface area contributed by atoms with Crippen molar-refractivity contribution in [2.45, 2.75) is 4.90 Å². The summed E-state index contributed by atoms with van der Waals surface area (Å²) in [6, 6.07) is 7.00. The average Bonchev–Trinajstić information content (AvgIpc) is 2.42. The largest absolute Gasteiger partial charge is 0.333 e. The highest BCUT2D eigenvalue weighted by atomic mass is 35.5. The van der Waals surface area contributed by atoms with Crippen molar-refractivity contribution in [3.8, 4) is 0 Å². The van der Waals surface area contributed by atoms with Gasteiger partial charge >= 0.3 is 6.03 Å². The minimum atomic E-state index is -4.06. The third-order valence-electron chi connectivity index (χ3n) is 2.60. The van der Waals surface area contributed by atoms with Gasteiger partial charge in [0, 0.05) is 10.0 Å². The maximum absolute atomic E-state index is 12.1. The lowest BCUT2D eigenvalue weighted by Crippen LogP contribution is -2.34. The summed E-state index contributed by atoms with van der Waals surface area (Å²) in [6.07, 6.45) is 0. The summed E-state index contributed by atoms with van der Waals surface area (Å²) in [4.78, 5) is 11.8. The van der Waals surface area contributed by atoms with Gasteiger partial charge < -0.3 is 5.32 Å². The van der Waals surface area contributed by atoms with Crippen LogP contribution >= 0.6 is 46.4 Å². The summed E-state index contributed by atoms with van der Waals surface area (Å²) < 4.78 is 26.0. The fourth-order valence-electron chi connectivity index (χ4n) is 1.60. The van der Waals surface area contributed by atoms with Gasteiger partial charge in [0.1, 0.15) is 0 Å². The third-order valence-corrected chi connectivity index (χ3v) is 5.01. The molecule has 0 unspecified atom stereocenters. The topological polar surface area (TPSA) is 75.3 Å². The number of urea groups is 1. The number of rotatable bonds is 3. The van der Waals surface area contributed by atoms with Crippen molar-refractivity contribution >= 4 is 68.1 Å². The minimum Gasteiger partial charge on any atom is -0.304 e. The third kappa shape index (κ3) is 4.65. The maximum atomic E-state index is 12.1. The molecule has 0 saturated heterocycles. The number of amides is 2. The molecule has 0 aliphatic rings. The summed E-state index contributed by atoms with van der Waals surface area (Å²) in [6.45, 7) is 0. The molecule has 2 aromatic rings. The highest BCUT2D eigenvalue weighted by molar-refractivity contribution is 7.90. The lowest BCUT2D eigenvalue weighted by atomic mass is 10.3. The van der Waals surface area contributed by atoms with E-state index in [-0.39, 0.29) is 25.7 Å². The van der Waals surface area contributed by atoms with Crippen LogP contribution in [0.1, 0.15) is 0 Å². The van der Waals surface area contributed by atoms with Crippen molar-refractivity contribution < 1.29 is 13.2 Å². The van der Waals surface area contributed by atoms with Crippen LogP contribution in [0, 0.1) is 0 Å². The van der Waals surface area contributed by atoms with Crippen LogP contribution in [0.25, 0.3) is 0 Å². The molecule has 0 bridgehead atoms. The fraction of sp³-hybridized carbons (Fsp3) is 0. The Morgan fingerprint density at radius 2 is 1.39 bits per heavy atom. The minimum absolute atomic E-state index is 0.0431. The van der Waals surface area contributed by atoms with Crippen molar-refractivity contribution in [2.75, 3.05) is 5.32 Å². The SMILES string of the molecule is O=C(Nc1c(Cl)cc(Cl)cc1Cl)NS(=O)(=O)c1ccc(Cl)cc1. The Balaban J connectivity index is 2.18. The summed E-state index contributed by atoms with van der Waals surface area (Å²) in [5, 5.41) is 3.05. The van der Waals surface area contributed by atoms with Crippen molar-refractivity contribution in [3.05, 3.63) is 56.5 Å². The predicted molar refractivity (Wildman–Crippen MR) is 92.3 cm³/mol. The highest BCUT2D eigenvalue weighted by Crippen LogP contribution is 2.33. The first-order chi connectivity index (χ1) is 10.7. The molecule has 0 saturated carbocycles. The molecule has 0 aliphatic heterocycles. The van der Waals surface area contributed by atoms with Crippen LogP contribution in [0.3, 0.4) is 0 Å². The number of hydrogen-bond donors (Lipinski definition) is 2. The number of hydrogen-bond acceptors (Lipinski definition) is 3. The summed E-state index contributed by atoms with van der Waals surface area (Å²) in [5.41, 5.74) is 0.0431. The zero-order chi connectivity index (χ0) is 17.2. The molecule has 2 N–H and O–H groups in total. The maximum Gasteiger partial charge on any atom is 0.333 e. The van der Waals surface area contributed by atoms with Crippen molar-refractivity contribution in [1.29, 1.82) is 0 Å². The normalized spacial score (nSPS) is 11.1. The Hall–Kier alpha value is -1.18. The van der Waals surface area contributed by atoms with E-state index in [1.165, 1.54) is 36.4 Å². The van der Waals surface area contributed by atoms with Crippen molar-refractivity contribution in [2.24, 2.45) is 0 Å². The van der Waals surface area contributed by atoms with E-state index in [1.54, 1.807) is 0 Å². The van der Waals surface area contributed by atoms with Gasteiger partial charge in [0.15, 0.2) is 0 Å². The second-order valence-corrected chi connectivity index (χ2v) is 7.63. The first kappa shape index (κ1) is 18.2. The molecule has 2 amide bonds. The first-order valence-corrected chi connectivity index (χ1v) is 8.92. The predicted octanol–water partition coefficient (Wildman–Crippen LogP) is 4.81. The summed E-state index contributed by atoms with van der Waals surface area (Å²) >= 11 is 23.3. The monoisotopic (exact) mass is 412 g/mol. The van der Waals surface area contributed by atoms with Gasteiger partial charge in [0.25, 0.3) is 10.0 Å². The molecule has 0 radical (unpaired) electrons. The number of halogens is 4. The lowest BCUT2D eigenvalue weighted by Gasteiger charge is -2.11. The van der Waals surface area contributed by atoms with E-state index >= 15 is 0 Å². The van der Waals surface area contributed by atoms with Crippen LogP contribution < -0.4 is 10.0 Å². The number of nitrogens with one attached hydrogen (secondary N) is 2. The molecule has 23 heavy (non-hydrogen) atoms. The second kappa shape index (κ2) is 7.15. The van der Waals surface area contributed by atoms with E-state index < -0.39 is 16.1 Å². The van der Waals surface area contributed by atoms with Crippen LogP contribution in [0.5, 0.6) is 0 Å². The van der Waals surface area contributed by atoms with Crippen molar-refractivity contribution in [3.63, 3.8) is 0 Å². The van der Waals surface area contributed by atoms with Crippen molar-refractivity contribution in [1.82, 2.24) is 4.72 Å². The number of benzene rings is 2. The Kier molecular flexibility index (Phi) is 5.65. The Labute approximate surface area is 152 Å². The lowest BCUT2D eigenvalue weighted by molar-refractivity contribution is 0.256. The zero-order valence-corrected chi connectivity index (χ0v) is 14.9. The molecule has 0 aromatic heterocycles. The molecule has 2 rings (SSSR count). The molecular formula is C13H8Cl4N2O3S. The number of sulfonamides is 1. The Morgan fingerprint density at radius 3 is 1.91 bits per heavy atom. The van der Waals surface area contributed by atoms with Crippen LogP contribution in [0.15, 0.2) is 41.3 Å². The van der Waals surface area contributed by atoms with E-state index in [0.717, 1.165) is 0 Å². The van der Waals surface area contributed by atoms with Gasteiger partial charge in [-0.3, -0.25) is 0 Å². The van der Waals surface area contributed by atoms with Gasteiger partial charge in [-0.1, -0.05) is 46.4 Å². The van der Waals surface area contributed by atoms with Crippen LogP contribution in [0.2, 0.25) is 20.1 Å². The number of carbonyl (C=O) groups excluding carboxylic acids is 1. The van der Waals surface area contributed by atoms with Gasteiger partial charge in [0.05, 0.1) is 20.6 Å². The molecule has 122 valence electrons. The summed E-state index contributed by atoms with van der Waals surface area (Å²) in [7, 11) is -4.06. The van der Waals surface area contributed by atoms with E-state index in [0.29, 0.717) is 5.02 Å². The zero-order valence-electron chi connectivity index (χ0n) is 11.1.